The number of hydrogen-bond acceptors (Lipinski definition) is 2. The lowest BCUT2D eigenvalue weighted by Crippen LogP contribution is -2.21. The van der Waals surface area contributed by atoms with Gasteiger partial charge in [-0.05, 0) is 23.8 Å². The van der Waals surface area contributed by atoms with E-state index in [1.807, 2.05) is 30.3 Å². The van der Waals surface area contributed by atoms with E-state index in [0.717, 1.165) is 11.6 Å². The van der Waals surface area contributed by atoms with Crippen molar-refractivity contribution in [2.75, 3.05) is 5.32 Å². The normalized spacial score (nSPS) is 11.9. The number of carbonyl (C=O) groups excluding carboxylic acids is 1. The molecule has 104 valence electrons. The molecule has 0 spiro atoms. The SMILES string of the molecule is NC(CC(=O)Nc1ccc(Cl)cc1F)c1ccccc1. The van der Waals surface area contributed by atoms with Crippen molar-refractivity contribution < 1.29 is 9.18 Å². The van der Waals surface area contributed by atoms with Crippen LogP contribution in [0.4, 0.5) is 10.1 Å². The van der Waals surface area contributed by atoms with Gasteiger partial charge >= 0.3 is 0 Å². The zero-order chi connectivity index (χ0) is 14.5. The van der Waals surface area contributed by atoms with E-state index in [9.17, 15) is 9.18 Å². The number of nitrogens with two attached hydrogens (primary N) is 1. The molecule has 3 nitrogen and oxygen atoms in total. The molecule has 0 radical (unpaired) electrons. The summed E-state index contributed by atoms with van der Waals surface area (Å²) in [4.78, 5) is 11.8. The van der Waals surface area contributed by atoms with Crippen molar-refractivity contribution >= 4 is 23.2 Å². The van der Waals surface area contributed by atoms with Gasteiger partial charge in [0.15, 0.2) is 0 Å². The van der Waals surface area contributed by atoms with Crippen molar-refractivity contribution in [3.63, 3.8) is 0 Å². The predicted molar refractivity (Wildman–Crippen MR) is 78.0 cm³/mol. The van der Waals surface area contributed by atoms with Gasteiger partial charge in [0, 0.05) is 17.5 Å². The number of carbonyl (C=O) groups is 1. The van der Waals surface area contributed by atoms with Gasteiger partial charge in [-0.3, -0.25) is 4.79 Å². The summed E-state index contributed by atoms with van der Waals surface area (Å²) in [6.07, 6.45) is 0.0755. The fourth-order valence-electron chi connectivity index (χ4n) is 1.81. The molecule has 0 heterocycles. The molecular weight excluding hydrogens is 279 g/mol. The van der Waals surface area contributed by atoms with E-state index in [1.165, 1.54) is 12.1 Å². The molecule has 2 rings (SSSR count). The Hall–Kier alpha value is -1.91. The van der Waals surface area contributed by atoms with Gasteiger partial charge < -0.3 is 11.1 Å². The maximum absolute atomic E-state index is 13.5. The molecule has 0 fully saturated rings. The van der Waals surface area contributed by atoms with Crippen LogP contribution in [0.5, 0.6) is 0 Å². The molecule has 3 N–H and O–H groups in total. The monoisotopic (exact) mass is 292 g/mol. The summed E-state index contributed by atoms with van der Waals surface area (Å²) in [7, 11) is 0. The Labute approximate surface area is 121 Å². The minimum atomic E-state index is -0.570. The number of rotatable bonds is 4. The third kappa shape index (κ3) is 3.79. The zero-order valence-corrected chi connectivity index (χ0v) is 11.4. The van der Waals surface area contributed by atoms with Crippen LogP contribution in [-0.2, 0) is 4.79 Å². The first-order valence-electron chi connectivity index (χ1n) is 6.11. The molecule has 1 unspecified atom stereocenters. The number of anilines is 1. The molecule has 20 heavy (non-hydrogen) atoms. The fourth-order valence-corrected chi connectivity index (χ4v) is 1.97. The number of halogens is 2. The van der Waals surface area contributed by atoms with Crippen LogP contribution in [0, 0.1) is 5.82 Å². The van der Waals surface area contributed by atoms with Crippen molar-refractivity contribution in [3.8, 4) is 0 Å². The van der Waals surface area contributed by atoms with Crippen LogP contribution in [0.25, 0.3) is 0 Å². The molecule has 0 aliphatic rings. The molecule has 0 saturated heterocycles. The molecule has 1 amide bonds. The number of hydrogen-bond donors (Lipinski definition) is 2. The number of nitrogens with one attached hydrogen (secondary N) is 1. The van der Waals surface area contributed by atoms with Crippen LogP contribution in [-0.4, -0.2) is 5.91 Å². The lowest BCUT2D eigenvalue weighted by molar-refractivity contribution is -0.116. The van der Waals surface area contributed by atoms with Gasteiger partial charge in [0.25, 0.3) is 0 Å². The van der Waals surface area contributed by atoms with Gasteiger partial charge in [0.05, 0.1) is 5.69 Å². The molecule has 0 aliphatic carbocycles. The van der Waals surface area contributed by atoms with Crippen LogP contribution in [0.1, 0.15) is 18.0 Å². The predicted octanol–water partition coefficient (Wildman–Crippen LogP) is 3.51. The van der Waals surface area contributed by atoms with Gasteiger partial charge in [0.2, 0.25) is 5.91 Å². The van der Waals surface area contributed by atoms with Crippen molar-refractivity contribution in [1.82, 2.24) is 0 Å². The smallest absolute Gasteiger partial charge is 0.226 e. The Morgan fingerprint density at radius 3 is 2.60 bits per heavy atom. The van der Waals surface area contributed by atoms with Crippen LogP contribution in [0.15, 0.2) is 48.5 Å². The molecular formula is C15H14ClFN2O. The van der Waals surface area contributed by atoms with Crippen molar-refractivity contribution in [3.05, 3.63) is 64.9 Å². The van der Waals surface area contributed by atoms with Gasteiger partial charge in [0.1, 0.15) is 5.82 Å². The Morgan fingerprint density at radius 1 is 1.25 bits per heavy atom. The third-order valence-electron chi connectivity index (χ3n) is 2.84. The minimum Gasteiger partial charge on any atom is -0.324 e. The van der Waals surface area contributed by atoms with Gasteiger partial charge in [-0.2, -0.15) is 0 Å². The minimum absolute atomic E-state index is 0.0755. The topological polar surface area (TPSA) is 55.1 Å². The van der Waals surface area contributed by atoms with Crippen LogP contribution >= 0.6 is 11.6 Å². The van der Waals surface area contributed by atoms with E-state index in [1.54, 1.807) is 0 Å². The van der Waals surface area contributed by atoms with E-state index in [-0.39, 0.29) is 23.0 Å². The van der Waals surface area contributed by atoms with Gasteiger partial charge in [-0.15, -0.1) is 0 Å². The zero-order valence-electron chi connectivity index (χ0n) is 10.6. The van der Waals surface area contributed by atoms with Crippen LogP contribution < -0.4 is 11.1 Å². The summed E-state index contributed by atoms with van der Waals surface area (Å²) >= 11 is 5.65. The molecule has 1 atom stereocenters. The lowest BCUT2D eigenvalue weighted by Gasteiger charge is -2.12. The van der Waals surface area contributed by atoms with Crippen molar-refractivity contribution in [2.45, 2.75) is 12.5 Å². The van der Waals surface area contributed by atoms with Crippen LogP contribution in [0.2, 0.25) is 5.02 Å². The summed E-state index contributed by atoms with van der Waals surface area (Å²) in [6.45, 7) is 0. The lowest BCUT2D eigenvalue weighted by atomic mass is 10.0. The largest absolute Gasteiger partial charge is 0.324 e. The van der Waals surface area contributed by atoms with E-state index >= 15 is 0 Å². The number of benzene rings is 2. The van der Waals surface area contributed by atoms with E-state index < -0.39 is 11.9 Å². The highest BCUT2D eigenvalue weighted by Gasteiger charge is 2.13. The first kappa shape index (κ1) is 14.5. The Kier molecular flexibility index (Phi) is 4.71. The average molecular weight is 293 g/mol. The third-order valence-corrected chi connectivity index (χ3v) is 3.07. The molecule has 0 bridgehead atoms. The first-order chi connectivity index (χ1) is 9.56. The second-order valence-corrected chi connectivity index (χ2v) is 4.83. The standard InChI is InChI=1S/C15H14ClFN2O/c16-11-6-7-14(12(17)8-11)19-15(20)9-13(18)10-4-2-1-3-5-10/h1-8,13H,9,18H2,(H,19,20). The molecule has 5 heteroatoms. The maximum atomic E-state index is 13.5. The second kappa shape index (κ2) is 6.50. The van der Waals surface area contributed by atoms with Crippen molar-refractivity contribution in [1.29, 1.82) is 0 Å². The van der Waals surface area contributed by atoms with Gasteiger partial charge in [-0.1, -0.05) is 41.9 Å². The summed E-state index contributed by atoms with van der Waals surface area (Å²) in [5.41, 5.74) is 6.89. The van der Waals surface area contributed by atoms with E-state index in [0.29, 0.717) is 0 Å². The quantitative estimate of drug-likeness (QED) is 0.906. The molecule has 2 aromatic rings. The maximum Gasteiger partial charge on any atom is 0.226 e. The van der Waals surface area contributed by atoms with Crippen LogP contribution in [0.3, 0.4) is 0 Å². The first-order valence-corrected chi connectivity index (χ1v) is 6.49. The highest BCUT2D eigenvalue weighted by atomic mass is 35.5. The summed E-state index contributed by atoms with van der Waals surface area (Å²) < 4.78 is 13.5. The molecule has 0 aromatic heterocycles. The summed E-state index contributed by atoms with van der Waals surface area (Å²) in [5, 5.41) is 2.76. The molecule has 0 aliphatic heterocycles. The van der Waals surface area contributed by atoms with Gasteiger partial charge in [-0.25, -0.2) is 4.39 Å². The number of amides is 1. The highest BCUT2D eigenvalue weighted by molar-refractivity contribution is 6.30. The highest BCUT2D eigenvalue weighted by Crippen LogP contribution is 2.20. The average Bonchev–Trinajstić information content (AvgIpc) is 2.43. The molecule has 0 saturated carbocycles. The summed E-state index contributed by atoms with van der Waals surface area (Å²) in [5.74, 6) is -0.915. The Morgan fingerprint density at radius 2 is 1.95 bits per heavy atom. The summed E-state index contributed by atoms with van der Waals surface area (Å²) in [6, 6.07) is 12.9. The fraction of sp³-hybridized carbons (Fsp3) is 0.133. The van der Waals surface area contributed by atoms with Crippen molar-refractivity contribution in [2.24, 2.45) is 5.73 Å². The Balaban J connectivity index is 1.99. The Bertz CT molecular complexity index is 604. The molecule has 2 aromatic carbocycles. The van der Waals surface area contributed by atoms with E-state index in [4.69, 9.17) is 17.3 Å². The second-order valence-electron chi connectivity index (χ2n) is 4.39. The van der Waals surface area contributed by atoms with E-state index in [2.05, 4.69) is 5.32 Å².